The molecule has 0 amide bonds. The van der Waals surface area contributed by atoms with Gasteiger partial charge in [0.25, 0.3) is 0 Å². The van der Waals surface area contributed by atoms with E-state index in [0.29, 0.717) is 6.54 Å². The largest absolute Gasteiger partial charge is 0.376 e. The van der Waals surface area contributed by atoms with Gasteiger partial charge >= 0.3 is 0 Å². The first kappa shape index (κ1) is 14.4. The zero-order chi connectivity index (χ0) is 15.8. The minimum absolute atomic E-state index is 0.197. The lowest BCUT2D eigenvalue weighted by Gasteiger charge is -2.11. The third-order valence-electron chi connectivity index (χ3n) is 4.32. The van der Waals surface area contributed by atoms with Crippen LogP contribution in [0.3, 0.4) is 0 Å². The zero-order valence-electron chi connectivity index (χ0n) is 13.1. The number of rotatable bonds is 4. The molecule has 23 heavy (non-hydrogen) atoms. The van der Waals surface area contributed by atoms with Crippen LogP contribution in [0.25, 0.3) is 22.3 Å². The normalized spacial score (nSPS) is 18.1. The summed E-state index contributed by atoms with van der Waals surface area (Å²) in [5, 5.41) is 5.56. The summed E-state index contributed by atoms with van der Waals surface area (Å²) in [7, 11) is 0. The highest BCUT2D eigenvalue weighted by Gasteiger charge is 2.21. The van der Waals surface area contributed by atoms with Crippen LogP contribution in [0.2, 0.25) is 0 Å². The summed E-state index contributed by atoms with van der Waals surface area (Å²) >= 11 is 0. The Morgan fingerprint density at radius 3 is 3.13 bits per heavy atom. The van der Waals surface area contributed by atoms with E-state index >= 15 is 0 Å². The lowest BCUT2D eigenvalue weighted by atomic mass is 10.1. The van der Waals surface area contributed by atoms with E-state index in [-0.39, 0.29) is 11.9 Å². The quantitative estimate of drug-likeness (QED) is 0.804. The van der Waals surface area contributed by atoms with E-state index in [9.17, 15) is 4.39 Å². The molecule has 3 heterocycles. The molecule has 1 unspecified atom stereocenters. The number of nitrogens with zero attached hydrogens (tertiary/aromatic N) is 3. The highest BCUT2D eigenvalue weighted by Crippen LogP contribution is 2.29. The number of halogens is 1. The molecule has 5 nitrogen and oxygen atoms in total. The summed E-state index contributed by atoms with van der Waals surface area (Å²) in [6, 6.07) is 4.76. The molecule has 4 rings (SSSR count). The van der Waals surface area contributed by atoms with Crippen molar-refractivity contribution in [3.05, 3.63) is 36.0 Å². The predicted octanol–water partition coefficient (Wildman–Crippen LogP) is 3.31. The van der Waals surface area contributed by atoms with Crippen LogP contribution in [0, 0.1) is 5.82 Å². The van der Waals surface area contributed by atoms with Gasteiger partial charge in [0.1, 0.15) is 5.82 Å². The molecule has 0 saturated carbocycles. The first-order valence-electron chi connectivity index (χ1n) is 8.07. The van der Waals surface area contributed by atoms with Crippen LogP contribution in [0.5, 0.6) is 0 Å². The monoisotopic (exact) mass is 314 g/mol. The number of ether oxygens (including phenoxy) is 1. The number of benzene rings is 1. The van der Waals surface area contributed by atoms with Gasteiger partial charge in [-0.2, -0.15) is 5.10 Å². The lowest BCUT2D eigenvalue weighted by Crippen LogP contribution is -2.17. The van der Waals surface area contributed by atoms with Crippen LogP contribution in [0.15, 0.2) is 24.4 Å². The van der Waals surface area contributed by atoms with E-state index < -0.39 is 0 Å². The molecule has 1 fully saturated rings. The molecule has 2 aromatic heterocycles. The van der Waals surface area contributed by atoms with Crippen molar-refractivity contribution in [1.29, 1.82) is 0 Å². The number of hydrogen-bond acceptors (Lipinski definition) is 3. The molecule has 0 bridgehead atoms. The molecule has 120 valence electrons. The fraction of sp³-hybridized carbons (Fsp3) is 0.412. The third-order valence-corrected chi connectivity index (χ3v) is 4.32. The second-order valence-corrected chi connectivity index (χ2v) is 5.91. The minimum atomic E-state index is -0.249. The lowest BCUT2D eigenvalue weighted by molar-refractivity contribution is 0.0943. The van der Waals surface area contributed by atoms with E-state index in [1.54, 1.807) is 6.07 Å². The summed E-state index contributed by atoms with van der Waals surface area (Å²) in [6.07, 6.45) is 5.01. The molecular weight excluding hydrogens is 295 g/mol. The van der Waals surface area contributed by atoms with Crippen LogP contribution < -0.4 is 0 Å². The molecule has 1 saturated heterocycles. The molecule has 1 N–H and O–H groups in total. The van der Waals surface area contributed by atoms with Crippen molar-refractivity contribution in [2.45, 2.75) is 38.8 Å². The van der Waals surface area contributed by atoms with Gasteiger partial charge in [0, 0.05) is 35.7 Å². The standard InChI is InChI=1S/C17H19FN4O/c1-2-16-20-17(22(21-16)10-12-4-3-7-23-12)14-9-19-15-8-11(18)5-6-13(14)15/h5-6,8-9,12,19H,2-4,7,10H2,1H3. The molecule has 1 aromatic carbocycles. The van der Waals surface area contributed by atoms with E-state index in [4.69, 9.17) is 4.74 Å². The zero-order valence-corrected chi connectivity index (χ0v) is 13.1. The van der Waals surface area contributed by atoms with Gasteiger partial charge in [0.15, 0.2) is 11.6 Å². The number of fused-ring (bicyclic) bond motifs is 1. The van der Waals surface area contributed by atoms with Gasteiger partial charge in [-0.25, -0.2) is 14.1 Å². The van der Waals surface area contributed by atoms with Crippen LogP contribution in [-0.4, -0.2) is 32.5 Å². The third kappa shape index (κ3) is 2.63. The molecule has 1 aliphatic heterocycles. The Kier molecular flexibility index (Phi) is 3.61. The van der Waals surface area contributed by atoms with E-state index in [1.807, 2.05) is 17.8 Å². The number of aryl methyl sites for hydroxylation is 1. The van der Waals surface area contributed by atoms with Crippen molar-refractivity contribution >= 4 is 10.9 Å². The first-order valence-corrected chi connectivity index (χ1v) is 8.07. The van der Waals surface area contributed by atoms with Gasteiger partial charge in [-0.05, 0) is 31.0 Å². The molecule has 1 aliphatic rings. The second-order valence-electron chi connectivity index (χ2n) is 5.91. The maximum Gasteiger partial charge on any atom is 0.160 e. The van der Waals surface area contributed by atoms with Gasteiger partial charge in [0.05, 0.1) is 12.6 Å². The Balaban J connectivity index is 1.78. The first-order chi connectivity index (χ1) is 11.2. The maximum atomic E-state index is 13.4. The van der Waals surface area contributed by atoms with Crippen LogP contribution in [-0.2, 0) is 17.7 Å². The Bertz CT molecular complexity index is 832. The van der Waals surface area contributed by atoms with Crippen molar-refractivity contribution in [3.63, 3.8) is 0 Å². The molecule has 0 aliphatic carbocycles. The molecule has 1 atom stereocenters. The van der Waals surface area contributed by atoms with Crippen LogP contribution in [0.1, 0.15) is 25.6 Å². The predicted molar refractivity (Wildman–Crippen MR) is 85.6 cm³/mol. The Morgan fingerprint density at radius 2 is 2.35 bits per heavy atom. The molecule has 6 heteroatoms. The van der Waals surface area contributed by atoms with Crippen molar-refractivity contribution in [1.82, 2.24) is 19.7 Å². The van der Waals surface area contributed by atoms with Crippen molar-refractivity contribution in [2.75, 3.05) is 6.61 Å². The molecule has 0 radical (unpaired) electrons. The summed E-state index contributed by atoms with van der Waals surface area (Å²) in [5.41, 5.74) is 1.72. The van der Waals surface area contributed by atoms with Crippen molar-refractivity contribution < 1.29 is 9.13 Å². The van der Waals surface area contributed by atoms with E-state index in [0.717, 1.165) is 54.0 Å². The fourth-order valence-electron chi connectivity index (χ4n) is 3.13. The summed E-state index contributed by atoms with van der Waals surface area (Å²) < 4.78 is 21.0. The Labute approximate surface area is 133 Å². The van der Waals surface area contributed by atoms with Gasteiger partial charge in [0.2, 0.25) is 0 Å². The highest BCUT2D eigenvalue weighted by molar-refractivity contribution is 5.93. The van der Waals surface area contributed by atoms with Crippen LogP contribution >= 0.6 is 0 Å². The Hall–Kier alpha value is -2.21. The number of H-pyrrole nitrogens is 1. The van der Waals surface area contributed by atoms with Gasteiger partial charge in [-0.1, -0.05) is 6.92 Å². The summed E-state index contributed by atoms with van der Waals surface area (Å²) in [4.78, 5) is 7.79. The summed E-state index contributed by atoms with van der Waals surface area (Å²) in [5.74, 6) is 1.38. The number of aromatic amines is 1. The van der Waals surface area contributed by atoms with Crippen LogP contribution in [0.4, 0.5) is 4.39 Å². The maximum absolute atomic E-state index is 13.4. The van der Waals surface area contributed by atoms with Crippen molar-refractivity contribution in [3.8, 4) is 11.4 Å². The topological polar surface area (TPSA) is 55.7 Å². The smallest absolute Gasteiger partial charge is 0.160 e. The van der Waals surface area contributed by atoms with E-state index in [2.05, 4.69) is 15.1 Å². The van der Waals surface area contributed by atoms with Gasteiger partial charge < -0.3 is 9.72 Å². The number of aromatic nitrogens is 4. The number of nitrogens with one attached hydrogen (secondary N) is 1. The number of hydrogen-bond donors (Lipinski definition) is 1. The minimum Gasteiger partial charge on any atom is -0.376 e. The average molecular weight is 314 g/mol. The van der Waals surface area contributed by atoms with Crippen molar-refractivity contribution in [2.24, 2.45) is 0 Å². The second kappa shape index (κ2) is 5.77. The molecule has 3 aromatic rings. The van der Waals surface area contributed by atoms with Gasteiger partial charge in [-0.3, -0.25) is 0 Å². The SMILES string of the molecule is CCc1nc(-c2c[nH]c3cc(F)ccc23)n(CC2CCCO2)n1. The molecule has 0 spiro atoms. The van der Waals surface area contributed by atoms with E-state index in [1.165, 1.54) is 12.1 Å². The average Bonchev–Trinajstić information content (AvgIpc) is 3.26. The highest BCUT2D eigenvalue weighted by atomic mass is 19.1. The van der Waals surface area contributed by atoms with Gasteiger partial charge in [-0.15, -0.1) is 0 Å². The Morgan fingerprint density at radius 1 is 1.43 bits per heavy atom. The summed E-state index contributed by atoms with van der Waals surface area (Å²) in [6.45, 7) is 3.57. The molecular formula is C17H19FN4O. The fourth-order valence-corrected chi connectivity index (χ4v) is 3.13.